The molecule has 0 spiro atoms. The van der Waals surface area contributed by atoms with Crippen molar-refractivity contribution in [2.75, 3.05) is 0 Å². The van der Waals surface area contributed by atoms with Crippen LogP contribution < -0.4 is 5.56 Å². The number of nitrogens with zero attached hydrogens (tertiary/aromatic N) is 2. The van der Waals surface area contributed by atoms with Crippen molar-refractivity contribution in [1.29, 1.82) is 0 Å². The van der Waals surface area contributed by atoms with Crippen LogP contribution in [0.2, 0.25) is 0 Å². The Bertz CT molecular complexity index is 620. The first-order valence-electron chi connectivity index (χ1n) is 5.44. The third-order valence-corrected chi connectivity index (χ3v) is 2.48. The van der Waals surface area contributed by atoms with Gasteiger partial charge in [-0.3, -0.25) is 4.79 Å². The second-order valence-electron chi connectivity index (χ2n) is 4.17. The Morgan fingerprint density at radius 3 is 2.61 bits per heavy atom. The summed E-state index contributed by atoms with van der Waals surface area (Å²) in [7, 11) is 0. The average molecular weight is 249 g/mol. The van der Waals surface area contributed by atoms with Crippen LogP contribution in [0.3, 0.4) is 0 Å². The molecular formula is C12H12FN3O2. The Labute approximate surface area is 102 Å². The molecule has 0 aliphatic heterocycles. The molecule has 6 heteroatoms. The average Bonchev–Trinajstić information content (AvgIpc) is 2.28. The van der Waals surface area contributed by atoms with Gasteiger partial charge in [-0.15, -0.1) is 0 Å². The van der Waals surface area contributed by atoms with Crippen LogP contribution in [0.5, 0.6) is 5.88 Å². The third-order valence-electron chi connectivity index (χ3n) is 2.48. The number of rotatable bonds is 2. The zero-order chi connectivity index (χ0) is 13.3. The van der Waals surface area contributed by atoms with Crippen LogP contribution in [0.25, 0.3) is 11.5 Å². The summed E-state index contributed by atoms with van der Waals surface area (Å²) in [6, 6.07) is 2.58. The summed E-state index contributed by atoms with van der Waals surface area (Å²) in [5, 5.41) is 9.73. The number of H-pyrrole nitrogens is 1. The van der Waals surface area contributed by atoms with Crippen molar-refractivity contribution >= 4 is 0 Å². The van der Waals surface area contributed by atoms with Crippen molar-refractivity contribution in [3.8, 4) is 17.4 Å². The molecule has 0 unspecified atom stereocenters. The minimum absolute atomic E-state index is 0.113. The number of nitrogens with one attached hydrogen (secondary N) is 1. The summed E-state index contributed by atoms with van der Waals surface area (Å²) in [6.45, 7) is 3.56. The Balaban J connectivity index is 2.55. The van der Waals surface area contributed by atoms with Crippen LogP contribution in [-0.2, 0) is 0 Å². The van der Waals surface area contributed by atoms with Crippen LogP contribution >= 0.6 is 0 Å². The molecule has 2 N–H and O–H groups in total. The van der Waals surface area contributed by atoms with Gasteiger partial charge < -0.3 is 10.1 Å². The fraction of sp³-hybridized carbons (Fsp3) is 0.250. The number of aromatic nitrogens is 3. The lowest BCUT2D eigenvalue weighted by atomic mass is 10.1. The molecule has 0 saturated carbocycles. The van der Waals surface area contributed by atoms with Crippen molar-refractivity contribution in [2.24, 2.45) is 0 Å². The molecule has 0 amide bonds. The number of hydrogen-bond acceptors (Lipinski definition) is 4. The van der Waals surface area contributed by atoms with E-state index in [-0.39, 0.29) is 23.2 Å². The van der Waals surface area contributed by atoms with Gasteiger partial charge in [-0.05, 0) is 18.1 Å². The number of aromatic amines is 1. The van der Waals surface area contributed by atoms with Gasteiger partial charge in [-0.2, -0.15) is 4.98 Å². The molecule has 2 aromatic rings. The highest BCUT2D eigenvalue weighted by molar-refractivity contribution is 5.49. The lowest BCUT2D eigenvalue weighted by molar-refractivity contribution is 0.440. The van der Waals surface area contributed by atoms with E-state index >= 15 is 0 Å². The molecule has 0 saturated heterocycles. The third kappa shape index (κ3) is 2.22. The second kappa shape index (κ2) is 4.56. The number of hydrogen-bond donors (Lipinski definition) is 2. The van der Waals surface area contributed by atoms with Crippen molar-refractivity contribution < 1.29 is 9.50 Å². The van der Waals surface area contributed by atoms with Crippen LogP contribution in [0.1, 0.15) is 25.3 Å². The highest BCUT2D eigenvalue weighted by Crippen LogP contribution is 2.21. The predicted molar refractivity (Wildman–Crippen MR) is 63.8 cm³/mol. The molecule has 0 aromatic carbocycles. The molecule has 2 aromatic heterocycles. The van der Waals surface area contributed by atoms with E-state index in [1.807, 2.05) is 0 Å². The smallest absolute Gasteiger partial charge is 0.258 e. The van der Waals surface area contributed by atoms with Gasteiger partial charge in [0.05, 0.1) is 11.8 Å². The maximum atomic E-state index is 12.7. The predicted octanol–water partition coefficient (Wildman–Crippen LogP) is 1.80. The van der Waals surface area contributed by atoms with Crippen LogP contribution in [-0.4, -0.2) is 20.1 Å². The molecule has 94 valence electrons. The molecule has 2 rings (SSSR count). The van der Waals surface area contributed by atoms with Crippen molar-refractivity contribution in [3.05, 3.63) is 40.1 Å². The van der Waals surface area contributed by atoms with E-state index in [1.165, 1.54) is 12.1 Å². The van der Waals surface area contributed by atoms with Gasteiger partial charge in [0.25, 0.3) is 5.56 Å². The summed E-state index contributed by atoms with van der Waals surface area (Å²) in [6.07, 6.45) is 1.02. The summed E-state index contributed by atoms with van der Waals surface area (Å²) >= 11 is 0. The first-order chi connectivity index (χ1) is 8.49. The minimum atomic E-state index is -0.482. The van der Waals surface area contributed by atoms with Gasteiger partial charge in [-0.25, -0.2) is 9.37 Å². The first-order valence-corrected chi connectivity index (χ1v) is 5.44. The van der Waals surface area contributed by atoms with Crippen molar-refractivity contribution in [3.63, 3.8) is 0 Å². The summed E-state index contributed by atoms with van der Waals surface area (Å²) in [5.41, 5.74) is 0.0959. The van der Waals surface area contributed by atoms with Gasteiger partial charge in [-0.1, -0.05) is 13.8 Å². The van der Waals surface area contributed by atoms with E-state index in [2.05, 4.69) is 15.0 Å². The normalized spacial score (nSPS) is 10.9. The Kier molecular flexibility index (Phi) is 3.10. The molecule has 5 nitrogen and oxygen atoms in total. The molecule has 0 radical (unpaired) electrons. The lowest BCUT2D eigenvalue weighted by Crippen LogP contribution is -2.16. The van der Waals surface area contributed by atoms with E-state index in [0.717, 1.165) is 6.20 Å². The molecular weight excluding hydrogens is 237 g/mol. The second-order valence-corrected chi connectivity index (χ2v) is 4.17. The number of aromatic hydroxyl groups is 1. The fourth-order valence-corrected chi connectivity index (χ4v) is 1.63. The molecule has 0 fully saturated rings. The topological polar surface area (TPSA) is 78.9 Å². The van der Waals surface area contributed by atoms with Gasteiger partial charge in [0, 0.05) is 0 Å². The number of halogens is 1. The lowest BCUT2D eigenvalue weighted by Gasteiger charge is -2.07. The highest BCUT2D eigenvalue weighted by Gasteiger charge is 2.15. The summed E-state index contributed by atoms with van der Waals surface area (Å²) < 4.78 is 12.7. The Hall–Kier alpha value is -2.24. The van der Waals surface area contributed by atoms with Gasteiger partial charge in [0.2, 0.25) is 5.88 Å². The van der Waals surface area contributed by atoms with Crippen molar-refractivity contribution in [1.82, 2.24) is 15.0 Å². The summed E-state index contributed by atoms with van der Waals surface area (Å²) in [4.78, 5) is 22.0. The van der Waals surface area contributed by atoms with E-state index in [4.69, 9.17) is 0 Å². The maximum Gasteiger partial charge on any atom is 0.258 e. The minimum Gasteiger partial charge on any atom is -0.493 e. The largest absolute Gasteiger partial charge is 0.493 e. The van der Waals surface area contributed by atoms with E-state index in [1.54, 1.807) is 13.8 Å². The van der Waals surface area contributed by atoms with Crippen molar-refractivity contribution in [2.45, 2.75) is 19.8 Å². The quantitative estimate of drug-likeness (QED) is 0.850. The zero-order valence-electron chi connectivity index (χ0n) is 9.94. The SMILES string of the molecule is CC(C)c1c(O)nc(-c2ccc(F)cn2)[nH]c1=O. The standard InChI is InChI=1S/C12H12FN3O2/c1-6(2)9-11(17)15-10(16-12(9)18)8-4-3-7(13)5-14-8/h3-6H,1-2H3,(H2,15,16,17,18). The molecule has 2 heterocycles. The fourth-order valence-electron chi connectivity index (χ4n) is 1.63. The first kappa shape index (κ1) is 12.2. The maximum absolute atomic E-state index is 12.7. The van der Waals surface area contributed by atoms with Crippen LogP contribution in [0.4, 0.5) is 4.39 Å². The zero-order valence-corrected chi connectivity index (χ0v) is 9.94. The van der Waals surface area contributed by atoms with E-state index < -0.39 is 11.4 Å². The summed E-state index contributed by atoms with van der Waals surface area (Å²) in [5.74, 6) is -0.836. The van der Waals surface area contributed by atoms with E-state index in [9.17, 15) is 14.3 Å². The van der Waals surface area contributed by atoms with Crippen LogP contribution in [0.15, 0.2) is 23.1 Å². The molecule has 0 aliphatic carbocycles. The van der Waals surface area contributed by atoms with Crippen LogP contribution in [0, 0.1) is 5.82 Å². The molecule has 0 atom stereocenters. The molecule has 18 heavy (non-hydrogen) atoms. The van der Waals surface area contributed by atoms with Gasteiger partial charge in [0.1, 0.15) is 11.5 Å². The molecule has 0 bridgehead atoms. The van der Waals surface area contributed by atoms with Gasteiger partial charge in [0.15, 0.2) is 5.82 Å². The Morgan fingerprint density at radius 1 is 1.39 bits per heavy atom. The Morgan fingerprint density at radius 2 is 2.11 bits per heavy atom. The molecule has 0 aliphatic rings. The monoisotopic (exact) mass is 249 g/mol. The van der Waals surface area contributed by atoms with Gasteiger partial charge >= 0.3 is 0 Å². The number of pyridine rings is 1. The van der Waals surface area contributed by atoms with E-state index in [0.29, 0.717) is 5.69 Å². The highest BCUT2D eigenvalue weighted by atomic mass is 19.1.